The Morgan fingerprint density at radius 3 is 2.78 bits per heavy atom. The SMILES string of the molecule is CCOC(=O)Cc1ccc(NC(=O)N2CCOCC2CO)cc1. The number of morpholine rings is 1. The fourth-order valence-corrected chi connectivity index (χ4v) is 2.35. The fraction of sp³-hybridized carbons (Fsp3) is 0.500. The van der Waals surface area contributed by atoms with E-state index in [4.69, 9.17) is 9.47 Å². The number of carbonyl (C=O) groups is 2. The second-order valence-corrected chi connectivity index (χ2v) is 5.21. The number of rotatable bonds is 5. The molecule has 1 saturated heterocycles. The smallest absolute Gasteiger partial charge is 0.322 e. The summed E-state index contributed by atoms with van der Waals surface area (Å²) < 4.78 is 10.1. The van der Waals surface area contributed by atoms with E-state index in [0.717, 1.165) is 5.56 Å². The van der Waals surface area contributed by atoms with Gasteiger partial charge in [-0.1, -0.05) is 12.1 Å². The molecule has 23 heavy (non-hydrogen) atoms. The van der Waals surface area contributed by atoms with Gasteiger partial charge in [0.1, 0.15) is 0 Å². The topological polar surface area (TPSA) is 88.1 Å². The van der Waals surface area contributed by atoms with Crippen molar-refractivity contribution in [3.8, 4) is 0 Å². The van der Waals surface area contributed by atoms with Crippen molar-refractivity contribution in [2.24, 2.45) is 0 Å². The van der Waals surface area contributed by atoms with Crippen molar-refractivity contribution in [2.45, 2.75) is 19.4 Å². The fourth-order valence-electron chi connectivity index (χ4n) is 2.35. The summed E-state index contributed by atoms with van der Waals surface area (Å²) in [6, 6.07) is 6.42. The Bertz CT molecular complexity index is 532. The second kappa shape index (κ2) is 8.50. The maximum Gasteiger partial charge on any atom is 0.322 e. The van der Waals surface area contributed by atoms with Crippen LogP contribution in [0.15, 0.2) is 24.3 Å². The summed E-state index contributed by atoms with van der Waals surface area (Å²) >= 11 is 0. The molecule has 0 aliphatic carbocycles. The molecule has 1 unspecified atom stereocenters. The molecule has 1 aliphatic rings. The third-order valence-corrected chi connectivity index (χ3v) is 3.56. The van der Waals surface area contributed by atoms with Gasteiger partial charge < -0.3 is 24.8 Å². The van der Waals surface area contributed by atoms with Crippen molar-refractivity contribution in [1.29, 1.82) is 0 Å². The number of hydrogen-bond acceptors (Lipinski definition) is 5. The molecule has 126 valence electrons. The van der Waals surface area contributed by atoms with E-state index in [0.29, 0.717) is 32.1 Å². The molecule has 2 rings (SSSR count). The Morgan fingerprint density at radius 1 is 1.39 bits per heavy atom. The Balaban J connectivity index is 1.92. The number of aliphatic hydroxyl groups excluding tert-OH is 1. The normalized spacial score (nSPS) is 17.7. The van der Waals surface area contributed by atoms with Gasteiger partial charge in [0.25, 0.3) is 0 Å². The molecule has 7 nitrogen and oxygen atoms in total. The molecule has 1 fully saturated rings. The van der Waals surface area contributed by atoms with E-state index in [2.05, 4.69) is 5.32 Å². The summed E-state index contributed by atoms with van der Waals surface area (Å²) in [4.78, 5) is 25.2. The van der Waals surface area contributed by atoms with Crippen LogP contribution >= 0.6 is 0 Å². The Labute approximate surface area is 135 Å². The molecule has 1 aromatic carbocycles. The number of anilines is 1. The highest BCUT2D eigenvalue weighted by Gasteiger charge is 2.26. The lowest BCUT2D eigenvalue weighted by Gasteiger charge is -2.34. The van der Waals surface area contributed by atoms with Gasteiger partial charge in [-0.15, -0.1) is 0 Å². The van der Waals surface area contributed by atoms with Gasteiger partial charge >= 0.3 is 12.0 Å². The molecule has 0 spiro atoms. The highest BCUT2D eigenvalue weighted by molar-refractivity contribution is 5.89. The van der Waals surface area contributed by atoms with Gasteiger partial charge in [-0.3, -0.25) is 4.79 Å². The molecule has 1 aromatic rings. The average Bonchev–Trinajstić information content (AvgIpc) is 2.56. The summed E-state index contributed by atoms with van der Waals surface area (Å²) in [6.45, 7) is 3.23. The number of benzene rings is 1. The predicted octanol–water partition coefficient (Wildman–Crippen LogP) is 1.02. The Kier molecular flexibility index (Phi) is 6.37. The first-order chi connectivity index (χ1) is 11.1. The zero-order valence-electron chi connectivity index (χ0n) is 13.2. The first-order valence-electron chi connectivity index (χ1n) is 7.64. The van der Waals surface area contributed by atoms with Crippen molar-refractivity contribution in [3.05, 3.63) is 29.8 Å². The zero-order valence-corrected chi connectivity index (χ0v) is 13.2. The molecule has 2 N–H and O–H groups in total. The molecule has 1 aliphatic heterocycles. The number of nitrogens with zero attached hydrogens (tertiary/aromatic N) is 1. The number of urea groups is 1. The van der Waals surface area contributed by atoms with E-state index in [1.165, 1.54) is 0 Å². The van der Waals surface area contributed by atoms with Crippen LogP contribution in [0.2, 0.25) is 0 Å². The van der Waals surface area contributed by atoms with Crippen LogP contribution in [0.3, 0.4) is 0 Å². The Morgan fingerprint density at radius 2 is 2.13 bits per heavy atom. The van der Waals surface area contributed by atoms with Crippen LogP contribution in [0.1, 0.15) is 12.5 Å². The lowest BCUT2D eigenvalue weighted by Crippen LogP contribution is -2.52. The minimum atomic E-state index is -0.327. The molecule has 0 bridgehead atoms. The quantitative estimate of drug-likeness (QED) is 0.790. The largest absolute Gasteiger partial charge is 0.466 e. The standard InChI is InChI=1S/C16H22N2O5/c1-2-23-15(20)9-12-3-5-13(6-4-12)17-16(21)18-7-8-22-11-14(18)10-19/h3-6,14,19H,2,7-11H2,1H3,(H,17,21). The van der Waals surface area contributed by atoms with Crippen molar-refractivity contribution in [3.63, 3.8) is 0 Å². The van der Waals surface area contributed by atoms with E-state index >= 15 is 0 Å². The van der Waals surface area contributed by atoms with Crippen LogP contribution in [0.5, 0.6) is 0 Å². The summed E-state index contributed by atoms with van der Waals surface area (Å²) in [7, 11) is 0. The number of carbonyl (C=O) groups excluding carboxylic acids is 2. The monoisotopic (exact) mass is 322 g/mol. The molecular weight excluding hydrogens is 300 g/mol. The first-order valence-corrected chi connectivity index (χ1v) is 7.64. The average molecular weight is 322 g/mol. The van der Waals surface area contributed by atoms with Gasteiger partial charge in [0.2, 0.25) is 0 Å². The minimum Gasteiger partial charge on any atom is -0.466 e. The molecule has 0 aromatic heterocycles. The van der Waals surface area contributed by atoms with Crippen molar-refractivity contribution >= 4 is 17.7 Å². The number of hydrogen-bond donors (Lipinski definition) is 2. The van der Waals surface area contributed by atoms with E-state index in [9.17, 15) is 14.7 Å². The highest BCUT2D eigenvalue weighted by atomic mass is 16.5. The van der Waals surface area contributed by atoms with Gasteiger partial charge in [-0.05, 0) is 24.6 Å². The maximum absolute atomic E-state index is 12.3. The van der Waals surface area contributed by atoms with Gasteiger partial charge in [-0.2, -0.15) is 0 Å². The predicted molar refractivity (Wildman–Crippen MR) is 84.2 cm³/mol. The van der Waals surface area contributed by atoms with Gasteiger partial charge in [-0.25, -0.2) is 4.79 Å². The van der Waals surface area contributed by atoms with E-state index in [1.807, 2.05) is 0 Å². The van der Waals surface area contributed by atoms with Crippen molar-refractivity contribution in [1.82, 2.24) is 4.90 Å². The van der Waals surface area contributed by atoms with Gasteiger partial charge in [0, 0.05) is 12.2 Å². The first kappa shape index (κ1) is 17.2. The number of ether oxygens (including phenoxy) is 2. The number of amides is 2. The third kappa shape index (κ3) is 4.94. The molecule has 2 amide bonds. The van der Waals surface area contributed by atoms with Crippen LogP contribution in [0.25, 0.3) is 0 Å². The Hall–Kier alpha value is -2.12. The molecule has 7 heteroatoms. The second-order valence-electron chi connectivity index (χ2n) is 5.21. The summed E-state index contributed by atoms with van der Waals surface area (Å²) in [6.07, 6.45) is 0.206. The number of nitrogens with one attached hydrogen (secondary N) is 1. The van der Waals surface area contributed by atoms with Crippen molar-refractivity contribution < 1.29 is 24.2 Å². The van der Waals surface area contributed by atoms with Crippen LogP contribution in [0, 0.1) is 0 Å². The van der Waals surface area contributed by atoms with Gasteiger partial charge in [0.05, 0.1) is 38.9 Å². The molecule has 1 heterocycles. The third-order valence-electron chi connectivity index (χ3n) is 3.56. The summed E-state index contributed by atoms with van der Waals surface area (Å²) in [5.74, 6) is -0.275. The van der Waals surface area contributed by atoms with Crippen LogP contribution in [-0.4, -0.2) is 61.0 Å². The lowest BCUT2D eigenvalue weighted by atomic mass is 10.1. The van der Waals surface area contributed by atoms with Crippen molar-refractivity contribution in [2.75, 3.05) is 38.3 Å². The molecule has 0 radical (unpaired) electrons. The van der Waals surface area contributed by atoms with E-state index in [-0.39, 0.29) is 31.1 Å². The van der Waals surface area contributed by atoms with E-state index in [1.54, 1.807) is 36.1 Å². The summed E-state index contributed by atoms with van der Waals surface area (Å²) in [5.41, 5.74) is 1.45. The lowest BCUT2D eigenvalue weighted by molar-refractivity contribution is -0.142. The molecule has 0 saturated carbocycles. The number of aliphatic hydroxyl groups is 1. The van der Waals surface area contributed by atoms with Crippen LogP contribution in [0.4, 0.5) is 10.5 Å². The number of esters is 1. The zero-order chi connectivity index (χ0) is 16.7. The highest BCUT2D eigenvalue weighted by Crippen LogP contribution is 2.14. The van der Waals surface area contributed by atoms with Gasteiger partial charge in [0.15, 0.2) is 0 Å². The summed E-state index contributed by atoms with van der Waals surface area (Å²) in [5, 5.41) is 12.1. The maximum atomic E-state index is 12.3. The van der Waals surface area contributed by atoms with E-state index < -0.39 is 0 Å². The minimum absolute atomic E-state index is 0.133. The van der Waals surface area contributed by atoms with Crippen LogP contribution < -0.4 is 5.32 Å². The van der Waals surface area contributed by atoms with Crippen LogP contribution in [-0.2, 0) is 20.7 Å². The molecular formula is C16H22N2O5. The molecule has 1 atom stereocenters.